The van der Waals surface area contributed by atoms with Crippen molar-refractivity contribution < 1.29 is 27.5 Å². The molecule has 1 aromatic rings. The third-order valence-corrected chi connectivity index (χ3v) is 4.61. The van der Waals surface area contributed by atoms with Gasteiger partial charge in [-0.2, -0.15) is 0 Å². The molecule has 1 rings (SSSR count). The number of benzene rings is 1. The van der Waals surface area contributed by atoms with Crippen LogP contribution in [0.1, 0.15) is 37.0 Å². The van der Waals surface area contributed by atoms with Gasteiger partial charge >= 0.3 is 5.97 Å². The summed E-state index contributed by atoms with van der Waals surface area (Å²) < 4.78 is 31.1. The van der Waals surface area contributed by atoms with E-state index in [1.807, 2.05) is 6.92 Å². The first kappa shape index (κ1) is 20.8. The molecule has 1 aromatic carbocycles. The molecule has 0 aromatic heterocycles. The zero-order valence-corrected chi connectivity index (χ0v) is 15.0. The maximum atomic E-state index is 12.1. The summed E-state index contributed by atoms with van der Waals surface area (Å²) in [6.45, 7) is 3.23. The molecule has 8 nitrogen and oxygen atoms in total. The van der Waals surface area contributed by atoms with Gasteiger partial charge < -0.3 is 10.1 Å². The number of esters is 1. The molecule has 9 heteroatoms. The highest BCUT2D eigenvalue weighted by atomic mass is 32.2. The Balaban J connectivity index is 2.42. The van der Waals surface area contributed by atoms with Crippen molar-refractivity contribution >= 4 is 27.7 Å². The molecule has 0 bridgehead atoms. The number of Topliss-reactive ketones (excluding diaryl/α,β-unsaturated/α-hetero) is 1. The number of carbonyl (C=O) groups excluding carboxylic acids is 3. The molecule has 2 N–H and O–H groups in total. The maximum absolute atomic E-state index is 12.1. The average Bonchev–Trinajstić information content (AvgIpc) is 2.58. The molecule has 0 atom stereocenters. The maximum Gasteiger partial charge on any atom is 0.307 e. The quantitative estimate of drug-likeness (QED) is 0.460. The number of hydrogen-bond acceptors (Lipinski definition) is 6. The third-order valence-electron chi connectivity index (χ3n) is 3.13. The fourth-order valence-electron chi connectivity index (χ4n) is 1.77. The second-order valence-corrected chi connectivity index (χ2v) is 7.01. The van der Waals surface area contributed by atoms with E-state index in [-0.39, 0.29) is 23.6 Å². The van der Waals surface area contributed by atoms with E-state index in [2.05, 4.69) is 10.0 Å². The van der Waals surface area contributed by atoms with Crippen LogP contribution >= 0.6 is 0 Å². The van der Waals surface area contributed by atoms with E-state index in [1.165, 1.54) is 31.2 Å². The monoisotopic (exact) mass is 370 g/mol. The molecule has 0 aliphatic carbocycles. The number of ether oxygens (including phenoxy) is 1. The lowest BCUT2D eigenvalue weighted by Gasteiger charge is -2.08. The molecule has 0 radical (unpaired) electrons. The summed E-state index contributed by atoms with van der Waals surface area (Å²) >= 11 is 0. The van der Waals surface area contributed by atoms with Gasteiger partial charge in [-0.1, -0.05) is 19.1 Å². The van der Waals surface area contributed by atoms with Crippen LogP contribution in [0.5, 0.6) is 0 Å². The van der Waals surface area contributed by atoms with Crippen LogP contribution in [0.4, 0.5) is 0 Å². The Labute approximate surface area is 147 Å². The average molecular weight is 370 g/mol. The molecular formula is C16H22N2O6S. The molecule has 0 unspecified atom stereocenters. The SMILES string of the molecule is CCCNC(=O)COC(=O)CCNS(=O)(=O)c1ccc(C(C)=O)cc1. The van der Waals surface area contributed by atoms with Crippen LogP contribution in [0.3, 0.4) is 0 Å². The number of carbonyl (C=O) groups is 3. The molecule has 0 saturated carbocycles. The van der Waals surface area contributed by atoms with Crippen LogP contribution in [0.15, 0.2) is 29.2 Å². The lowest BCUT2D eigenvalue weighted by molar-refractivity contribution is -0.148. The summed E-state index contributed by atoms with van der Waals surface area (Å²) in [7, 11) is -3.79. The minimum Gasteiger partial charge on any atom is -0.456 e. The Morgan fingerprint density at radius 1 is 1.08 bits per heavy atom. The van der Waals surface area contributed by atoms with Gasteiger partial charge in [-0.25, -0.2) is 13.1 Å². The van der Waals surface area contributed by atoms with Crippen molar-refractivity contribution in [1.29, 1.82) is 0 Å². The second kappa shape index (κ2) is 9.90. The van der Waals surface area contributed by atoms with Crippen LogP contribution < -0.4 is 10.0 Å². The molecule has 25 heavy (non-hydrogen) atoms. The predicted molar refractivity (Wildman–Crippen MR) is 90.5 cm³/mol. The van der Waals surface area contributed by atoms with Crippen molar-refractivity contribution in [2.24, 2.45) is 0 Å². The molecule has 0 heterocycles. The van der Waals surface area contributed by atoms with Gasteiger partial charge in [-0.15, -0.1) is 0 Å². The number of sulfonamides is 1. The van der Waals surface area contributed by atoms with E-state index in [1.54, 1.807) is 0 Å². The van der Waals surface area contributed by atoms with Crippen LogP contribution in [-0.4, -0.2) is 45.8 Å². The summed E-state index contributed by atoms with van der Waals surface area (Å²) in [5, 5.41) is 2.55. The Bertz CT molecular complexity index is 713. The third kappa shape index (κ3) is 7.44. The van der Waals surface area contributed by atoms with Gasteiger partial charge in [0.2, 0.25) is 10.0 Å². The first-order valence-corrected chi connectivity index (χ1v) is 9.27. The highest BCUT2D eigenvalue weighted by molar-refractivity contribution is 7.89. The van der Waals surface area contributed by atoms with E-state index in [4.69, 9.17) is 4.74 Å². The van der Waals surface area contributed by atoms with Gasteiger partial charge in [-0.05, 0) is 25.5 Å². The van der Waals surface area contributed by atoms with E-state index < -0.39 is 28.5 Å². The summed E-state index contributed by atoms with van der Waals surface area (Å²) in [4.78, 5) is 33.9. The minimum atomic E-state index is -3.79. The fraction of sp³-hybridized carbons (Fsp3) is 0.438. The van der Waals surface area contributed by atoms with Crippen molar-refractivity contribution in [3.05, 3.63) is 29.8 Å². The largest absolute Gasteiger partial charge is 0.456 e. The molecule has 0 spiro atoms. The molecule has 0 aliphatic rings. The number of ketones is 1. The van der Waals surface area contributed by atoms with E-state index in [0.29, 0.717) is 12.1 Å². The van der Waals surface area contributed by atoms with E-state index in [0.717, 1.165) is 6.42 Å². The van der Waals surface area contributed by atoms with E-state index >= 15 is 0 Å². The van der Waals surface area contributed by atoms with Crippen LogP contribution in [0, 0.1) is 0 Å². The summed E-state index contributed by atoms with van der Waals surface area (Å²) in [5.41, 5.74) is 0.406. The van der Waals surface area contributed by atoms with Crippen LogP contribution in [0.25, 0.3) is 0 Å². The zero-order chi connectivity index (χ0) is 18.9. The first-order valence-electron chi connectivity index (χ1n) is 7.79. The van der Waals surface area contributed by atoms with Crippen molar-refractivity contribution in [2.45, 2.75) is 31.6 Å². The molecule has 138 valence electrons. The van der Waals surface area contributed by atoms with Gasteiger partial charge in [0.05, 0.1) is 11.3 Å². The zero-order valence-electron chi connectivity index (χ0n) is 14.2. The number of nitrogens with one attached hydrogen (secondary N) is 2. The lowest BCUT2D eigenvalue weighted by Crippen LogP contribution is -2.30. The Kier molecular flexibility index (Phi) is 8.23. The van der Waals surface area contributed by atoms with Crippen LogP contribution in [0.2, 0.25) is 0 Å². The van der Waals surface area contributed by atoms with Crippen LogP contribution in [-0.2, 0) is 24.3 Å². The number of rotatable bonds is 10. The molecular weight excluding hydrogens is 348 g/mol. The molecule has 0 saturated heterocycles. The normalized spacial score (nSPS) is 11.0. The fourth-order valence-corrected chi connectivity index (χ4v) is 2.81. The Morgan fingerprint density at radius 3 is 2.28 bits per heavy atom. The smallest absolute Gasteiger partial charge is 0.307 e. The topological polar surface area (TPSA) is 119 Å². The summed E-state index contributed by atoms with van der Waals surface area (Å²) in [6.07, 6.45) is 0.570. The molecule has 0 fully saturated rings. The van der Waals surface area contributed by atoms with Gasteiger partial charge in [0.1, 0.15) is 0 Å². The Morgan fingerprint density at radius 2 is 1.72 bits per heavy atom. The standard InChI is InChI=1S/C16H22N2O6S/c1-3-9-17-15(20)11-24-16(21)8-10-18-25(22,23)14-6-4-13(5-7-14)12(2)19/h4-7,18H,3,8-11H2,1-2H3,(H,17,20). The predicted octanol–water partition coefficient (Wildman–Crippen LogP) is 0.627. The first-order chi connectivity index (χ1) is 11.8. The number of amides is 1. The van der Waals surface area contributed by atoms with Gasteiger partial charge in [0, 0.05) is 18.7 Å². The van der Waals surface area contributed by atoms with Crippen molar-refractivity contribution in [3.8, 4) is 0 Å². The lowest BCUT2D eigenvalue weighted by atomic mass is 10.2. The van der Waals surface area contributed by atoms with Gasteiger partial charge in [0.15, 0.2) is 12.4 Å². The number of hydrogen-bond donors (Lipinski definition) is 2. The molecule has 1 amide bonds. The highest BCUT2D eigenvalue weighted by Crippen LogP contribution is 2.10. The van der Waals surface area contributed by atoms with Crippen molar-refractivity contribution in [3.63, 3.8) is 0 Å². The second-order valence-electron chi connectivity index (χ2n) is 5.24. The summed E-state index contributed by atoms with van der Waals surface area (Å²) in [6, 6.07) is 5.46. The van der Waals surface area contributed by atoms with Crippen molar-refractivity contribution in [1.82, 2.24) is 10.0 Å². The minimum absolute atomic E-state index is 0.00943. The Hall–Kier alpha value is -2.26. The van der Waals surface area contributed by atoms with Crippen molar-refractivity contribution in [2.75, 3.05) is 19.7 Å². The van der Waals surface area contributed by atoms with Gasteiger partial charge in [-0.3, -0.25) is 14.4 Å². The van der Waals surface area contributed by atoms with E-state index in [9.17, 15) is 22.8 Å². The highest BCUT2D eigenvalue weighted by Gasteiger charge is 2.15. The van der Waals surface area contributed by atoms with Gasteiger partial charge in [0.25, 0.3) is 5.91 Å². The summed E-state index contributed by atoms with van der Waals surface area (Å²) in [5.74, 6) is -1.25. The molecule has 0 aliphatic heterocycles.